The van der Waals surface area contributed by atoms with E-state index in [0.29, 0.717) is 32.9 Å². The molecular weight excluding hydrogens is 412 g/mol. The third-order valence-electron chi connectivity index (χ3n) is 2.88. The third kappa shape index (κ3) is 11.3. The first kappa shape index (κ1) is 22.1. The van der Waals surface area contributed by atoms with E-state index in [1.54, 1.807) is 19.2 Å². The molecule has 0 aliphatic rings. The summed E-state index contributed by atoms with van der Waals surface area (Å²) in [6, 6.07) is 6.64. The quantitative estimate of drug-likeness (QED) is 0.254. The Morgan fingerprint density at radius 3 is 2.74 bits per heavy atom. The van der Waals surface area contributed by atoms with E-state index >= 15 is 0 Å². The molecule has 1 aromatic carbocycles. The van der Waals surface area contributed by atoms with Crippen LogP contribution in [0.15, 0.2) is 29.3 Å². The molecule has 23 heavy (non-hydrogen) atoms. The number of halogens is 2. The highest BCUT2D eigenvalue weighted by atomic mass is 127. The van der Waals surface area contributed by atoms with Crippen molar-refractivity contribution in [3.8, 4) is 0 Å². The fraction of sp³-hybridized carbons (Fsp3) is 0.562. The van der Waals surface area contributed by atoms with Gasteiger partial charge in [0, 0.05) is 20.2 Å². The number of hydrogen-bond acceptors (Lipinski definition) is 3. The predicted molar refractivity (Wildman–Crippen MR) is 102 cm³/mol. The lowest BCUT2D eigenvalue weighted by Crippen LogP contribution is -2.38. The van der Waals surface area contributed by atoms with Crippen LogP contribution in [0.1, 0.15) is 12.5 Å². The predicted octanol–water partition coefficient (Wildman–Crippen LogP) is 2.20. The molecule has 0 aliphatic heterocycles. The molecule has 7 heteroatoms. The van der Waals surface area contributed by atoms with E-state index in [4.69, 9.17) is 9.47 Å². The summed E-state index contributed by atoms with van der Waals surface area (Å²) in [5, 5.41) is 6.39. The Morgan fingerprint density at radius 1 is 1.22 bits per heavy atom. The van der Waals surface area contributed by atoms with E-state index in [1.807, 2.05) is 13.0 Å². The van der Waals surface area contributed by atoms with Crippen LogP contribution in [0.5, 0.6) is 0 Å². The number of nitrogens with zero attached hydrogens (tertiary/aromatic N) is 1. The number of ether oxygens (including phenoxy) is 2. The molecule has 0 amide bonds. The van der Waals surface area contributed by atoms with Gasteiger partial charge >= 0.3 is 0 Å². The lowest BCUT2D eigenvalue weighted by Gasteiger charge is -2.11. The summed E-state index contributed by atoms with van der Waals surface area (Å²) in [7, 11) is 1.65. The first-order chi connectivity index (χ1) is 10.8. The first-order valence-corrected chi connectivity index (χ1v) is 7.59. The van der Waals surface area contributed by atoms with Gasteiger partial charge in [-0.2, -0.15) is 0 Å². The van der Waals surface area contributed by atoms with Crippen molar-refractivity contribution in [2.45, 2.75) is 13.3 Å². The molecule has 132 valence electrons. The third-order valence-corrected chi connectivity index (χ3v) is 2.88. The number of rotatable bonds is 10. The van der Waals surface area contributed by atoms with Crippen molar-refractivity contribution in [3.63, 3.8) is 0 Å². The molecular formula is C16H27FIN3O2. The zero-order chi connectivity index (χ0) is 16.0. The van der Waals surface area contributed by atoms with Crippen molar-refractivity contribution >= 4 is 29.9 Å². The molecule has 2 N–H and O–H groups in total. The van der Waals surface area contributed by atoms with Crippen LogP contribution < -0.4 is 10.6 Å². The fourth-order valence-corrected chi connectivity index (χ4v) is 1.83. The van der Waals surface area contributed by atoms with Gasteiger partial charge in [-0.25, -0.2) is 4.39 Å². The second-order valence-corrected chi connectivity index (χ2v) is 4.67. The van der Waals surface area contributed by atoms with Crippen LogP contribution in [0.3, 0.4) is 0 Å². The monoisotopic (exact) mass is 439 g/mol. The molecule has 0 aliphatic carbocycles. The zero-order valence-corrected chi connectivity index (χ0v) is 16.1. The van der Waals surface area contributed by atoms with Gasteiger partial charge in [-0.05, 0) is 31.0 Å². The van der Waals surface area contributed by atoms with E-state index in [0.717, 1.165) is 24.5 Å². The van der Waals surface area contributed by atoms with Crippen LogP contribution in [-0.2, 0) is 15.9 Å². The maximum Gasteiger partial charge on any atom is 0.191 e. The molecule has 0 saturated heterocycles. The van der Waals surface area contributed by atoms with Crippen molar-refractivity contribution in [2.24, 2.45) is 4.99 Å². The largest absolute Gasteiger partial charge is 0.382 e. The minimum Gasteiger partial charge on any atom is -0.382 e. The SMILES string of the molecule is CCNC(=NCCOCCOC)NCCc1cccc(F)c1.I. The second-order valence-electron chi connectivity index (χ2n) is 4.67. The highest BCUT2D eigenvalue weighted by Gasteiger charge is 1.99. The van der Waals surface area contributed by atoms with Gasteiger partial charge in [0.1, 0.15) is 5.82 Å². The van der Waals surface area contributed by atoms with Crippen molar-refractivity contribution < 1.29 is 13.9 Å². The summed E-state index contributed by atoms with van der Waals surface area (Å²) in [5.41, 5.74) is 0.964. The van der Waals surface area contributed by atoms with E-state index in [-0.39, 0.29) is 29.8 Å². The lowest BCUT2D eigenvalue weighted by molar-refractivity contribution is 0.0748. The van der Waals surface area contributed by atoms with Crippen LogP contribution in [0, 0.1) is 5.82 Å². The normalized spacial score (nSPS) is 11.0. The van der Waals surface area contributed by atoms with E-state index in [9.17, 15) is 4.39 Å². The molecule has 0 fully saturated rings. The van der Waals surface area contributed by atoms with Gasteiger partial charge in [0.2, 0.25) is 0 Å². The van der Waals surface area contributed by atoms with Crippen molar-refractivity contribution in [1.82, 2.24) is 10.6 Å². The molecule has 5 nitrogen and oxygen atoms in total. The second kappa shape index (κ2) is 14.6. The Morgan fingerprint density at radius 2 is 2.04 bits per heavy atom. The van der Waals surface area contributed by atoms with Gasteiger partial charge in [0.05, 0.1) is 26.4 Å². The molecule has 0 spiro atoms. The topological polar surface area (TPSA) is 54.9 Å². The average Bonchev–Trinajstić information content (AvgIpc) is 2.51. The maximum atomic E-state index is 13.1. The summed E-state index contributed by atoms with van der Waals surface area (Å²) < 4.78 is 23.3. The van der Waals surface area contributed by atoms with Crippen LogP contribution >= 0.6 is 24.0 Å². The maximum absolute atomic E-state index is 13.1. The van der Waals surface area contributed by atoms with Crippen LogP contribution in [-0.4, -0.2) is 52.5 Å². The Hall–Kier alpha value is -0.930. The summed E-state index contributed by atoms with van der Waals surface area (Å²) in [4.78, 5) is 4.41. The molecule has 0 aromatic heterocycles. The van der Waals surface area contributed by atoms with Gasteiger partial charge in [0.25, 0.3) is 0 Å². The molecule has 0 heterocycles. The van der Waals surface area contributed by atoms with Gasteiger partial charge in [-0.1, -0.05) is 12.1 Å². The highest BCUT2D eigenvalue weighted by Crippen LogP contribution is 2.03. The Labute approximate surface area is 155 Å². The van der Waals surface area contributed by atoms with Gasteiger partial charge in [0.15, 0.2) is 5.96 Å². The van der Waals surface area contributed by atoms with Crippen molar-refractivity contribution in [3.05, 3.63) is 35.6 Å². The summed E-state index contributed by atoms with van der Waals surface area (Å²) in [5.74, 6) is 0.542. The first-order valence-electron chi connectivity index (χ1n) is 7.59. The van der Waals surface area contributed by atoms with Crippen LogP contribution in [0.25, 0.3) is 0 Å². The smallest absolute Gasteiger partial charge is 0.191 e. The summed E-state index contributed by atoms with van der Waals surface area (Å²) >= 11 is 0. The Bertz CT molecular complexity index is 447. The number of methoxy groups -OCH3 is 1. The molecule has 0 saturated carbocycles. The van der Waals surface area contributed by atoms with Crippen LogP contribution in [0.2, 0.25) is 0 Å². The number of guanidine groups is 1. The number of benzene rings is 1. The van der Waals surface area contributed by atoms with Crippen molar-refractivity contribution in [1.29, 1.82) is 0 Å². The Balaban J connectivity index is 0.00000484. The average molecular weight is 439 g/mol. The number of nitrogens with one attached hydrogen (secondary N) is 2. The molecule has 1 aromatic rings. The molecule has 0 atom stereocenters. The summed E-state index contributed by atoms with van der Waals surface area (Å²) in [6.45, 7) is 5.81. The van der Waals surface area contributed by atoms with E-state index in [1.165, 1.54) is 6.07 Å². The fourth-order valence-electron chi connectivity index (χ4n) is 1.83. The van der Waals surface area contributed by atoms with Crippen LogP contribution in [0.4, 0.5) is 4.39 Å². The zero-order valence-electron chi connectivity index (χ0n) is 13.8. The van der Waals surface area contributed by atoms with E-state index < -0.39 is 0 Å². The molecule has 0 bridgehead atoms. The minimum atomic E-state index is -0.203. The Kier molecular flexibility index (Phi) is 14.1. The van der Waals surface area contributed by atoms with E-state index in [2.05, 4.69) is 15.6 Å². The molecule has 0 radical (unpaired) electrons. The minimum absolute atomic E-state index is 0. The number of hydrogen-bond donors (Lipinski definition) is 2. The molecule has 0 unspecified atom stereocenters. The van der Waals surface area contributed by atoms with Crippen molar-refractivity contribution in [2.75, 3.05) is 46.6 Å². The lowest BCUT2D eigenvalue weighted by atomic mass is 10.1. The highest BCUT2D eigenvalue weighted by molar-refractivity contribution is 14.0. The standard InChI is InChI=1S/C16H26FN3O2.HI/c1-3-18-16(20-9-10-22-12-11-21-2)19-8-7-14-5-4-6-15(17)13-14;/h4-6,13H,3,7-12H2,1-2H3,(H2,18,19,20);1H. The number of aliphatic imine (C=N–C) groups is 1. The van der Waals surface area contributed by atoms with Gasteiger partial charge in [-0.3, -0.25) is 4.99 Å². The van der Waals surface area contributed by atoms with Gasteiger partial charge in [-0.15, -0.1) is 24.0 Å². The summed E-state index contributed by atoms with van der Waals surface area (Å²) in [6.07, 6.45) is 0.743. The van der Waals surface area contributed by atoms with Gasteiger partial charge < -0.3 is 20.1 Å². The molecule has 1 rings (SSSR count).